The number of rotatable bonds is 4. The smallest absolute Gasteiger partial charge is 0.219 e. The monoisotopic (exact) mass is 221 g/mol. The number of amides is 1. The Kier molecular flexibility index (Phi) is 8.22. The Balaban J connectivity index is 0.00000106. The van der Waals surface area contributed by atoms with Gasteiger partial charge >= 0.3 is 0 Å². The molecule has 90 valence electrons. The third-order valence-electron chi connectivity index (χ3n) is 2.11. The van der Waals surface area contributed by atoms with Crippen LogP contribution < -0.4 is 5.32 Å². The molecule has 0 aliphatic rings. The van der Waals surface area contributed by atoms with Crippen LogP contribution in [0.3, 0.4) is 0 Å². The number of nitrogens with one attached hydrogen (secondary N) is 1. The molecule has 0 radical (unpaired) electrons. The molecule has 1 amide bonds. The first-order chi connectivity index (χ1) is 7.72. The SMILES string of the molecule is CC.CCC(=O)NC(C)Cc1ccccc1. The maximum atomic E-state index is 11.1. The van der Waals surface area contributed by atoms with Crippen LogP contribution in [0.15, 0.2) is 30.3 Å². The van der Waals surface area contributed by atoms with Gasteiger partial charge in [0, 0.05) is 12.5 Å². The first-order valence-electron chi connectivity index (χ1n) is 6.05. The van der Waals surface area contributed by atoms with Gasteiger partial charge in [-0.15, -0.1) is 0 Å². The zero-order valence-corrected chi connectivity index (χ0v) is 10.8. The molecule has 2 heteroatoms. The lowest BCUT2D eigenvalue weighted by atomic mass is 10.1. The first kappa shape index (κ1) is 14.7. The molecule has 1 atom stereocenters. The molecule has 1 rings (SSSR count). The second kappa shape index (κ2) is 8.96. The average Bonchev–Trinajstić information content (AvgIpc) is 2.32. The van der Waals surface area contributed by atoms with E-state index >= 15 is 0 Å². The van der Waals surface area contributed by atoms with E-state index in [1.165, 1.54) is 5.56 Å². The fourth-order valence-electron chi connectivity index (χ4n) is 1.40. The van der Waals surface area contributed by atoms with Gasteiger partial charge in [0.15, 0.2) is 0 Å². The van der Waals surface area contributed by atoms with Gasteiger partial charge in [-0.2, -0.15) is 0 Å². The molecule has 1 N–H and O–H groups in total. The standard InChI is InChI=1S/C12H17NO.C2H6/c1-3-12(14)13-10(2)9-11-7-5-4-6-8-11;1-2/h4-8,10H,3,9H2,1-2H3,(H,13,14);1-2H3. The van der Waals surface area contributed by atoms with Gasteiger partial charge < -0.3 is 5.32 Å². The topological polar surface area (TPSA) is 29.1 Å². The molecule has 0 fully saturated rings. The maximum absolute atomic E-state index is 11.1. The molecule has 1 aromatic rings. The van der Waals surface area contributed by atoms with Crippen LogP contribution in [0.1, 0.15) is 39.7 Å². The van der Waals surface area contributed by atoms with Crippen LogP contribution in [0.4, 0.5) is 0 Å². The molecular weight excluding hydrogens is 198 g/mol. The molecule has 16 heavy (non-hydrogen) atoms. The van der Waals surface area contributed by atoms with Gasteiger partial charge in [0.1, 0.15) is 0 Å². The molecule has 0 bridgehead atoms. The number of hydrogen-bond donors (Lipinski definition) is 1. The molecule has 0 aromatic heterocycles. The molecule has 0 spiro atoms. The van der Waals surface area contributed by atoms with Crippen LogP contribution in [0.2, 0.25) is 0 Å². The molecule has 0 saturated carbocycles. The zero-order chi connectivity index (χ0) is 12.4. The van der Waals surface area contributed by atoms with Crippen LogP contribution in [0, 0.1) is 0 Å². The van der Waals surface area contributed by atoms with Crippen molar-refractivity contribution in [1.82, 2.24) is 5.32 Å². The van der Waals surface area contributed by atoms with Crippen molar-refractivity contribution >= 4 is 5.91 Å². The van der Waals surface area contributed by atoms with E-state index < -0.39 is 0 Å². The lowest BCUT2D eigenvalue weighted by Crippen LogP contribution is -2.33. The minimum Gasteiger partial charge on any atom is -0.353 e. The van der Waals surface area contributed by atoms with Crippen molar-refractivity contribution in [2.75, 3.05) is 0 Å². The molecule has 2 nitrogen and oxygen atoms in total. The first-order valence-corrected chi connectivity index (χ1v) is 6.05. The quantitative estimate of drug-likeness (QED) is 0.831. The summed E-state index contributed by atoms with van der Waals surface area (Å²) in [7, 11) is 0. The summed E-state index contributed by atoms with van der Waals surface area (Å²) in [5.74, 6) is 0.119. The summed E-state index contributed by atoms with van der Waals surface area (Å²) < 4.78 is 0. The Morgan fingerprint density at radius 3 is 2.31 bits per heavy atom. The van der Waals surface area contributed by atoms with Crippen molar-refractivity contribution < 1.29 is 4.79 Å². The van der Waals surface area contributed by atoms with E-state index in [2.05, 4.69) is 17.4 Å². The van der Waals surface area contributed by atoms with Gasteiger partial charge in [-0.25, -0.2) is 0 Å². The van der Waals surface area contributed by atoms with Crippen LogP contribution in [0.25, 0.3) is 0 Å². The Labute approximate surface area is 99.1 Å². The van der Waals surface area contributed by atoms with Gasteiger partial charge in [-0.1, -0.05) is 51.1 Å². The normalized spacial score (nSPS) is 11.0. The fourth-order valence-corrected chi connectivity index (χ4v) is 1.40. The van der Waals surface area contributed by atoms with Gasteiger partial charge in [-0.05, 0) is 18.9 Å². The van der Waals surface area contributed by atoms with Crippen molar-refractivity contribution in [1.29, 1.82) is 0 Å². The number of carbonyl (C=O) groups is 1. The van der Waals surface area contributed by atoms with Gasteiger partial charge in [0.25, 0.3) is 0 Å². The number of hydrogen-bond acceptors (Lipinski definition) is 1. The molecule has 0 aliphatic heterocycles. The fraction of sp³-hybridized carbons (Fsp3) is 0.500. The highest BCUT2D eigenvalue weighted by Gasteiger charge is 2.05. The summed E-state index contributed by atoms with van der Waals surface area (Å²) in [5.41, 5.74) is 1.26. The van der Waals surface area contributed by atoms with Crippen molar-refractivity contribution in [3.63, 3.8) is 0 Å². The maximum Gasteiger partial charge on any atom is 0.219 e. The molecular formula is C14H23NO. The van der Waals surface area contributed by atoms with Crippen LogP contribution >= 0.6 is 0 Å². The predicted molar refractivity (Wildman–Crippen MR) is 69.4 cm³/mol. The third kappa shape index (κ3) is 6.23. The van der Waals surface area contributed by atoms with E-state index in [0.717, 1.165) is 6.42 Å². The van der Waals surface area contributed by atoms with E-state index in [1.54, 1.807) is 0 Å². The predicted octanol–water partition coefficient (Wildman–Crippen LogP) is 3.17. The van der Waals surface area contributed by atoms with E-state index in [1.807, 2.05) is 45.9 Å². The van der Waals surface area contributed by atoms with Crippen molar-refractivity contribution in [2.24, 2.45) is 0 Å². The van der Waals surface area contributed by atoms with Crippen molar-refractivity contribution in [3.8, 4) is 0 Å². The summed E-state index contributed by atoms with van der Waals surface area (Å²) in [4.78, 5) is 11.1. The molecule has 0 aliphatic carbocycles. The van der Waals surface area contributed by atoms with Crippen LogP contribution in [0.5, 0.6) is 0 Å². The summed E-state index contributed by atoms with van der Waals surface area (Å²) in [6, 6.07) is 10.4. The highest BCUT2D eigenvalue weighted by atomic mass is 16.1. The van der Waals surface area contributed by atoms with Crippen molar-refractivity contribution in [3.05, 3.63) is 35.9 Å². The largest absolute Gasteiger partial charge is 0.353 e. The Morgan fingerprint density at radius 2 is 1.81 bits per heavy atom. The molecule has 1 aromatic carbocycles. The summed E-state index contributed by atoms with van der Waals surface area (Å²) in [5, 5.41) is 2.94. The van der Waals surface area contributed by atoms with E-state index in [9.17, 15) is 4.79 Å². The highest BCUT2D eigenvalue weighted by Crippen LogP contribution is 2.02. The Hall–Kier alpha value is -1.31. The lowest BCUT2D eigenvalue weighted by molar-refractivity contribution is -0.121. The zero-order valence-electron chi connectivity index (χ0n) is 10.8. The second-order valence-electron chi connectivity index (χ2n) is 3.51. The number of carbonyl (C=O) groups excluding carboxylic acids is 1. The minimum absolute atomic E-state index is 0.119. The van der Waals surface area contributed by atoms with Crippen molar-refractivity contribution in [2.45, 2.75) is 46.6 Å². The Morgan fingerprint density at radius 1 is 1.25 bits per heavy atom. The molecule has 0 heterocycles. The van der Waals surface area contributed by atoms with E-state index in [-0.39, 0.29) is 11.9 Å². The van der Waals surface area contributed by atoms with E-state index in [0.29, 0.717) is 6.42 Å². The van der Waals surface area contributed by atoms with E-state index in [4.69, 9.17) is 0 Å². The second-order valence-corrected chi connectivity index (χ2v) is 3.51. The minimum atomic E-state index is 0.119. The molecule has 0 saturated heterocycles. The highest BCUT2D eigenvalue weighted by molar-refractivity contribution is 5.75. The summed E-state index contributed by atoms with van der Waals surface area (Å²) >= 11 is 0. The molecule has 1 unspecified atom stereocenters. The number of benzene rings is 1. The van der Waals surface area contributed by atoms with Crippen LogP contribution in [-0.2, 0) is 11.2 Å². The van der Waals surface area contributed by atoms with Crippen LogP contribution in [-0.4, -0.2) is 11.9 Å². The summed E-state index contributed by atoms with van der Waals surface area (Å²) in [6.45, 7) is 7.89. The van der Waals surface area contributed by atoms with Gasteiger partial charge in [0.2, 0.25) is 5.91 Å². The summed E-state index contributed by atoms with van der Waals surface area (Å²) in [6.07, 6.45) is 1.45. The Bertz CT molecular complexity index is 282. The van der Waals surface area contributed by atoms with Gasteiger partial charge in [0.05, 0.1) is 0 Å². The lowest BCUT2D eigenvalue weighted by Gasteiger charge is -2.12. The average molecular weight is 221 g/mol. The van der Waals surface area contributed by atoms with Gasteiger partial charge in [-0.3, -0.25) is 4.79 Å². The third-order valence-corrected chi connectivity index (χ3v) is 2.11.